The molecule has 0 aromatic heterocycles. The Bertz CT molecular complexity index is 820. The van der Waals surface area contributed by atoms with E-state index in [1.54, 1.807) is 12.1 Å². The number of anilines is 3. The number of ether oxygens (including phenoxy) is 1. The number of nitrogen functional groups attached to an aromatic ring is 1. The Labute approximate surface area is 152 Å². The molecule has 0 bridgehead atoms. The second-order valence-electron chi connectivity index (χ2n) is 6.96. The number of hydrogen-bond donors (Lipinski definition) is 2. The van der Waals surface area contributed by atoms with Crippen molar-refractivity contribution in [1.29, 1.82) is 0 Å². The summed E-state index contributed by atoms with van der Waals surface area (Å²) in [5, 5.41) is 3.53. The van der Waals surface area contributed by atoms with Gasteiger partial charge in [0, 0.05) is 22.5 Å². The maximum atomic E-state index is 12.5. The lowest BCUT2D eigenvalue weighted by atomic mass is 10.0. The molecule has 1 amide bonds. The molecule has 0 fully saturated rings. The van der Waals surface area contributed by atoms with Gasteiger partial charge in [0.1, 0.15) is 11.4 Å². The molecule has 0 spiro atoms. The first-order valence-corrected chi connectivity index (χ1v) is 8.51. The number of aryl methyl sites for hydroxylation is 1. The number of nitrogens with two attached hydrogens (primary N) is 1. The van der Waals surface area contributed by atoms with Crippen molar-refractivity contribution in [3.8, 4) is 5.75 Å². The highest BCUT2D eigenvalue weighted by Crippen LogP contribution is 2.38. The zero-order valence-electron chi connectivity index (χ0n) is 14.6. The first-order chi connectivity index (χ1) is 11.7. The van der Waals surface area contributed by atoms with E-state index in [-0.39, 0.29) is 12.5 Å². The smallest absolute Gasteiger partial charge is 0.243 e. The Morgan fingerprint density at radius 2 is 2.08 bits per heavy atom. The summed E-state index contributed by atoms with van der Waals surface area (Å²) in [6.07, 6.45) is 0. The van der Waals surface area contributed by atoms with Crippen molar-refractivity contribution < 1.29 is 9.53 Å². The number of carbonyl (C=O) groups excluding carboxylic acids is 1. The van der Waals surface area contributed by atoms with Gasteiger partial charge >= 0.3 is 0 Å². The van der Waals surface area contributed by atoms with Crippen LogP contribution >= 0.6 is 11.6 Å². The molecule has 2 aromatic rings. The summed E-state index contributed by atoms with van der Waals surface area (Å²) in [7, 11) is 0. The third-order valence-corrected chi connectivity index (χ3v) is 4.48. The fourth-order valence-electron chi connectivity index (χ4n) is 2.93. The molecule has 2 aromatic carbocycles. The lowest BCUT2D eigenvalue weighted by Gasteiger charge is -2.40. The van der Waals surface area contributed by atoms with Gasteiger partial charge in [-0.2, -0.15) is 0 Å². The number of halogens is 1. The van der Waals surface area contributed by atoms with E-state index >= 15 is 0 Å². The van der Waals surface area contributed by atoms with Crippen LogP contribution in [-0.2, 0) is 4.79 Å². The summed E-state index contributed by atoms with van der Waals surface area (Å²) < 4.78 is 5.99. The second kappa shape index (κ2) is 6.48. The minimum Gasteiger partial charge on any atom is -0.484 e. The Morgan fingerprint density at radius 1 is 1.32 bits per heavy atom. The Morgan fingerprint density at radius 3 is 2.80 bits per heavy atom. The van der Waals surface area contributed by atoms with Gasteiger partial charge in [0.15, 0.2) is 0 Å². The van der Waals surface area contributed by atoms with E-state index in [9.17, 15) is 4.79 Å². The van der Waals surface area contributed by atoms with Crippen molar-refractivity contribution in [1.82, 2.24) is 0 Å². The predicted molar refractivity (Wildman–Crippen MR) is 103 cm³/mol. The van der Waals surface area contributed by atoms with Crippen LogP contribution in [0.1, 0.15) is 19.4 Å². The maximum absolute atomic E-state index is 12.5. The normalized spacial score (nSPS) is 15.3. The Balaban J connectivity index is 1.77. The van der Waals surface area contributed by atoms with Crippen molar-refractivity contribution in [2.24, 2.45) is 0 Å². The molecule has 0 aliphatic carbocycles. The number of benzene rings is 2. The van der Waals surface area contributed by atoms with Gasteiger partial charge in [-0.15, -0.1) is 0 Å². The van der Waals surface area contributed by atoms with Crippen molar-refractivity contribution in [2.75, 3.05) is 29.0 Å². The van der Waals surface area contributed by atoms with Crippen LogP contribution in [-0.4, -0.2) is 24.6 Å². The lowest BCUT2D eigenvalue weighted by molar-refractivity contribution is -0.115. The highest BCUT2D eigenvalue weighted by atomic mass is 35.5. The van der Waals surface area contributed by atoms with Crippen molar-refractivity contribution in [2.45, 2.75) is 26.4 Å². The first-order valence-electron chi connectivity index (χ1n) is 8.13. The molecule has 3 rings (SSSR count). The highest BCUT2D eigenvalue weighted by molar-refractivity contribution is 6.31. The Hall–Kier alpha value is -2.40. The van der Waals surface area contributed by atoms with E-state index in [0.717, 1.165) is 11.3 Å². The van der Waals surface area contributed by atoms with Gasteiger partial charge in [0.05, 0.1) is 18.8 Å². The molecule has 3 N–H and O–H groups in total. The number of hydrogen-bond acceptors (Lipinski definition) is 4. The molecule has 5 nitrogen and oxygen atoms in total. The van der Waals surface area contributed by atoms with Gasteiger partial charge in [-0.1, -0.05) is 17.7 Å². The number of nitrogens with one attached hydrogen (secondary N) is 1. The number of carbonyl (C=O) groups is 1. The molecule has 6 heteroatoms. The molecule has 0 saturated carbocycles. The van der Waals surface area contributed by atoms with E-state index in [1.807, 2.05) is 49.9 Å². The van der Waals surface area contributed by atoms with Gasteiger partial charge in [-0.3, -0.25) is 4.79 Å². The summed E-state index contributed by atoms with van der Waals surface area (Å²) in [5.74, 6) is 0.586. The van der Waals surface area contributed by atoms with Crippen LogP contribution in [0.5, 0.6) is 5.75 Å². The zero-order chi connectivity index (χ0) is 18.2. The molecule has 1 aliphatic rings. The van der Waals surface area contributed by atoms with Crippen molar-refractivity contribution in [3.63, 3.8) is 0 Å². The van der Waals surface area contributed by atoms with Crippen molar-refractivity contribution in [3.05, 3.63) is 47.0 Å². The van der Waals surface area contributed by atoms with Gasteiger partial charge < -0.3 is 20.7 Å². The number of rotatable bonds is 3. The topological polar surface area (TPSA) is 67.6 Å². The van der Waals surface area contributed by atoms with Gasteiger partial charge in [-0.05, 0) is 50.6 Å². The molecule has 132 valence electrons. The summed E-state index contributed by atoms with van der Waals surface area (Å²) in [4.78, 5) is 14.5. The molecule has 0 saturated heterocycles. The molecular weight excluding hydrogens is 338 g/mol. The average Bonchev–Trinajstić information content (AvgIpc) is 2.49. The monoisotopic (exact) mass is 359 g/mol. The average molecular weight is 360 g/mol. The molecular formula is C19H22ClN3O2. The van der Waals surface area contributed by atoms with Crippen LogP contribution in [0.4, 0.5) is 17.1 Å². The van der Waals surface area contributed by atoms with Crippen LogP contribution < -0.4 is 20.7 Å². The van der Waals surface area contributed by atoms with Crippen LogP contribution in [0.25, 0.3) is 0 Å². The van der Waals surface area contributed by atoms with Crippen LogP contribution in [0.2, 0.25) is 5.02 Å². The molecule has 0 atom stereocenters. The summed E-state index contributed by atoms with van der Waals surface area (Å²) in [6.45, 7) is 6.72. The van der Waals surface area contributed by atoms with Crippen molar-refractivity contribution >= 4 is 34.6 Å². The number of fused-ring (bicyclic) bond motifs is 1. The molecule has 1 aliphatic heterocycles. The van der Waals surface area contributed by atoms with Gasteiger partial charge in [0.25, 0.3) is 0 Å². The minimum absolute atomic E-state index is 0.111. The third-order valence-electron chi connectivity index (χ3n) is 4.07. The zero-order valence-corrected chi connectivity index (χ0v) is 15.4. The van der Waals surface area contributed by atoms with E-state index in [1.165, 1.54) is 0 Å². The summed E-state index contributed by atoms with van der Waals surface area (Å²) >= 11 is 6.12. The van der Waals surface area contributed by atoms with Gasteiger partial charge in [-0.25, -0.2) is 0 Å². The van der Waals surface area contributed by atoms with Crippen LogP contribution in [0.15, 0.2) is 36.4 Å². The summed E-state index contributed by atoms with van der Waals surface area (Å²) in [5.41, 5.74) is 8.61. The minimum atomic E-state index is -0.408. The maximum Gasteiger partial charge on any atom is 0.243 e. The van der Waals surface area contributed by atoms with Gasteiger partial charge in [0.2, 0.25) is 5.91 Å². The quantitative estimate of drug-likeness (QED) is 0.817. The van der Waals surface area contributed by atoms with E-state index < -0.39 is 5.60 Å². The molecule has 25 heavy (non-hydrogen) atoms. The van der Waals surface area contributed by atoms with E-state index in [4.69, 9.17) is 22.1 Å². The van der Waals surface area contributed by atoms with Crippen LogP contribution in [0.3, 0.4) is 0 Å². The van der Waals surface area contributed by atoms with E-state index in [0.29, 0.717) is 28.7 Å². The largest absolute Gasteiger partial charge is 0.484 e. The van der Waals surface area contributed by atoms with Crippen LogP contribution in [0, 0.1) is 6.92 Å². The standard InChI is InChI=1S/C19H22ClN3O2/c1-12-4-6-14(9-15(12)20)22-18(24)10-23-11-19(2,3)25-17-8-13(21)5-7-16(17)23/h4-9H,10-11,21H2,1-3H3,(H,22,24). The predicted octanol–water partition coefficient (Wildman–Crippen LogP) is 3.85. The fourth-order valence-corrected chi connectivity index (χ4v) is 3.11. The summed E-state index contributed by atoms with van der Waals surface area (Å²) in [6, 6.07) is 11.0. The van der Waals surface area contributed by atoms with E-state index in [2.05, 4.69) is 5.32 Å². The third kappa shape index (κ3) is 3.99. The lowest BCUT2D eigenvalue weighted by Crippen LogP contribution is -2.49. The molecule has 1 heterocycles. The SMILES string of the molecule is Cc1ccc(NC(=O)CN2CC(C)(C)Oc3cc(N)ccc32)cc1Cl. The number of amides is 1. The number of nitrogens with zero attached hydrogens (tertiary/aromatic N) is 1. The molecule has 0 unspecified atom stereocenters. The molecule has 0 radical (unpaired) electrons. The highest BCUT2D eigenvalue weighted by Gasteiger charge is 2.32. The Kier molecular flexibility index (Phi) is 4.52. The first kappa shape index (κ1) is 17.4. The second-order valence-corrected chi connectivity index (χ2v) is 7.36. The fraction of sp³-hybridized carbons (Fsp3) is 0.316.